The molecule has 2 aliphatic heterocycles. The summed E-state index contributed by atoms with van der Waals surface area (Å²) in [5, 5.41) is 0. The van der Waals surface area contributed by atoms with Crippen molar-refractivity contribution in [2.24, 2.45) is 5.41 Å². The number of likely N-dealkylation sites (tertiary alicyclic amines) is 1. The highest BCUT2D eigenvalue weighted by molar-refractivity contribution is 5.87. The van der Waals surface area contributed by atoms with E-state index in [0.717, 1.165) is 25.1 Å². The summed E-state index contributed by atoms with van der Waals surface area (Å²) in [6.07, 6.45) is 4.85. The number of anilines is 1. The number of piperidine rings is 1. The number of carbonyl (C=O) groups excluding carboxylic acids is 2. The van der Waals surface area contributed by atoms with Gasteiger partial charge >= 0.3 is 6.09 Å². The maximum atomic E-state index is 12.5. The van der Waals surface area contributed by atoms with Gasteiger partial charge in [0.15, 0.2) is 5.82 Å². The SMILES string of the molecule is CC(C)(C)C(=O)N1CCC[C@@H](c2cncc(N3CCOC3=O)n2)C1. The highest BCUT2D eigenvalue weighted by Gasteiger charge is 2.32. The van der Waals surface area contributed by atoms with E-state index in [1.807, 2.05) is 25.7 Å². The van der Waals surface area contributed by atoms with E-state index in [-0.39, 0.29) is 23.3 Å². The Kier molecular flexibility index (Phi) is 4.43. The Balaban J connectivity index is 1.76. The van der Waals surface area contributed by atoms with Gasteiger partial charge in [-0.05, 0) is 12.8 Å². The van der Waals surface area contributed by atoms with Crippen molar-refractivity contribution in [2.75, 3.05) is 31.1 Å². The van der Waals surface area contributed by atoms with E-state index in [4.69, 9.17) is 4.74 Å². The number of rotatable bonds is 2. The van der Waals surface area contributed by atoms with E-state index >= 15 is 0 Å². The largest absolute Gasteiger partial charge is 0.447 e. The van der Waals surface area contributed by atoms with Crippen molar-refractivity contribution in [3.63, 3.8) is 0 Å². The predicted molar refractivity (Wildman–Crippen MR) is 88.7 cm³/mol. The molecule has 2 fully saturated rings. The molecule has 2 saturated heterocycles. The van der Waals surface area contributed by atoms with Gasteiger partial charge < -0.3 is 9.64 Å². The van der Waals surface area contributed by atoms with Crippen molar-refractivity contribution in [1.29, 1.82) is 0 Å². The third kappa shape index (κ3) is 3.34. The molecule has 3 heterocycles. The molecule has 7 heteroatoms. The molecule has 0 N–H and O–H groups in total. The minimum Gasteiger partial charge on any atom is -0.447 e. The zero-order valence-corrected chi connectivity index (χ0v) is 14.5. The molecule has 130 valence electrons. The van der Waals surface area contributed by atoms with Crippen LogP contribution < -0.4 is 4.90 Å². The molecule has 0 aliphatic carbocycles. The maximum Gasteiger partial charge on any atom is 0.415 e. The normalized spacial score (nSPS) is 21.8. The van der Waals surface area contributed by atoms with Gasteiger partial charge in [-0.2, -0.15) is 0 Å². The van der Waals surface area contributed by atoms with Crippen LogP contribution in [0.4, 0.5) is 10.6 Å². The van der Waals surface area contributed by atoms with Crippen LogP contribution in [0, 0.1) is 5.41 Å². The van der Waals surface area contributed by atoms with Gasteiger partial charge in [0.05, 0.1) is 18.4 Å². The Morgan fingerprint density at radius 1 is 1.29 bits per heavy atom. The van der Waals surface area contributed by atoms with Crippen molar-refractivity contribution in [3.05, 3.63) is 18.1 Å². The lowest BCUT2D eigenvalue weighted by Crippen LogP contribution is -2.44. The predicted octanol–water partition coefficient (Wildman–Crippen LogP) is 2.19. The van der Waals surface area contributed by atoms with Gasteiger partial charge in [-0.15, -0.1) is 0 Å². The second-order valence-corrected chi connectivity index (χ2v) is 7.41. The molecule has 3 rings (SSSR count). The minimum atomic E-state index is -0.380. The summed E-state index contributed by atoms with van der Waals surface area (Å²) in [5.41, 5.74) is 0.452. The topological polar surface area (TPSA) is 75.6 Å². The van der Waals surface area contributed by atoms with Gasteiger partial charge in [0.1, 0.15) is 6.61 Å². The second kappa shape index (κ2) is 6.37. The van der Waals surface area contributed by atoms with Crippen molar-refractivity contribution >= 4 is 17.8 Å². The van der Waals surface area contributed by atoms with Crippen LogP contribution in [0.15, 0.2) is 12.4 Å². The third-order valence-electron chi connectivity index (χ3n) is 4.45. The first-order valence-corrected chi connectivity index (χ1v) is 8.42. The molecule has 1 aromatic rings. The molecular formula is C17H24N4O3. The van der Waals surface area contributed by atoms with Crippen LogP contribution in [0.2, 0.25) is 0 Å². The summed E-state index contributed by atoms with van der Waals surface area (Å²) in [6.45, 7) is 8.14. The number of cyclic esters (lactones) is 1. The van der Waals surface area contributed by atoms with Crippen LogP contribution >= 0.6 is 0 Å². The first-order valence-electron chi connectivity index (χ1n) is 8.42. The standard InChI is InChI=1S/C17H24N4O3/c1-17(2,3)15(22)20-6-4-5-12(11-20)13-9-18-10-14(19-13)21-7-8-24-16(21)23/h9-10,12H,4-8,11H2,1-3H3/t12-/m1/s1. The number of hydrogen-bond donors (Lipinski definition) is 0. The molecule has 7 nitrogen and oxygen atoms in total. The highest BCUT2D eigenvalue weighted by atomic mass is 16.6. The Bertz CT molecular complexity index is 641. The van der Waals surface area contributed by atoms with Crippen LogP contribution in [-0.4, -0.2) is 53.1 Å². The zero-order chi connectivity index (χ0) is 17.3. The average molecular weight is 332 g/mol. The fourth-order valence-corrected chi connectivity index (χ4v) is 3.18. The first kappa shape index (κ1) is 16.7. The van der Waals surface area contributed by atoms with E-state index in [1.54, 1.807) is 12.4 Å². The van der Waals surface area contributed by atoms with Crippen molar-refractivity contribution in [1.82, 2.24) is 14.9 Å². The monoisotopic (exact) mass is 332 g/mol. The Labute approximate surface area is 142 Å². The van der Waals surface area contributed by atoms with Gasteiger partial charge in [-0.3, -0.25) is 14.7 Å². The average Bonchev–Trinajstić information content (AvgIpc) is 2.99. The summed E-state index contributed by atoms with van der Waals surface area (Å²) in [7, 11) is 0. The molecular weight excluding hydrogens is 308 g/mol. The first-order chi connectivity index (χ1) is 11.4. The quantitative estimate of drug-likeness (QED) is 0.830. The Morgan fingerprint density at radius 2 is 2.08 bits per heavy atom. The minimum absolute atomic E-state index is 0.149. The Morgan fingerprint density at radius 3 is 2.75 bits per heavy atom. The van der Waals surface area contributed by atoms with Crippen LogP contribution in [-0.2, 0) is 9.53 Å². The Hall–Kier alpha value is -2.18. The van der Waals surface area contributed by atoms with Crippen molar-refractivity contribution < 1.29 is 14.3 Å². The van der Waals surface area contributed by atoms with Crippen LogP contribution in [0.25, 0.3) is 0 Å². The summed E-state index contributed by atoms with van der Waals surface area (Å²) in [6, 6.07) is 0. The van der Waals surface area contributed by atoms with E-state index in [0.29, 0.717) is 25.5 Å². The lowest BCUT2D eigenvalue weighted by atomic mass is 9.90. The van der Waals surface area contributed by atoms with Crippen LogP contribution in [0.1, 0.15) is 45.2 Å². The molecule has 0 aromatic carbocycles. The van der Waals surface area contributed by atoms with E-state index < -0.39 is 0 Å². The molecule has 0 bridgehead atoms. The zero-order valence-electron chi connectivity index (χ0n) is 14.5. The summed E-state index contributed by atoms with van der Waals surface area (Å²) in [5.74, 6) is 0.838. The maximum absolute atomic E-state index is 12.5. The lowest BCUT2D eigenvalue weighted by molar-refractivity contribution is -0.140. The van der Waals surface area contributed by atoms with Crippen molar-refractivity contribution in [2.45, 2.75) is 39.5 Å². The summed E-state index contributed by atoms with van der Waals surface area (Å²) in [4.78, 5) is 36.5. The van der Waals surface area contributed by atoms with E-state index in [1.165, 1.54) is 4.90 Å². The second-order valence-electron chi connectivity index (χ2n) is 7.41. The van der Waals surface area contributed by atoms with Gasteiger partial charge in [-0.1, -0.05) is 20.8 Å². The van der Waals surface area contributed by atoms with Gasteiger partial charge in [-0.25, -0.2) is 9.78 Å². The molecule has 2 amide bonds. The van der Waals surface area contributed by atoms with Crippen molar-refractivity contribution in [3.8, 4) is 0 Å². The van der Waals surface area contributed by atoms with Gasteiger partial charge in [0.2, 0.25) is 5.91 Å². The third-order valence-corrected chi connectivity index (χ3v) is 4.45. The molecule has 0 spiro atoms. The number of ether oxygens (including phenoxy) is 1. The fraction of sp³-hybridized carbons (Fsp3) is 0.647. The molecule has 1 aromatic heterocycles. The molecule has 0 saturated carbocycles. The number of nitrogens with zero attached hydrogens (tertiary/aromatic N) is 4. The summed E-state index contributed by atoms with van der Waals surface area (Å²) < 4.78 is 4.96. The van der Waals surface area contributed by atoms with E-state index in [9.17, 15) is 9.59 Å². The van der Waals surface area contributed by atoms with Gasteiger partial charge in [0, 0.05) is 30.6 Å². The van der Waals surface area contributed by atoms with Crippen LogP contribution in [0.5, 0.6) is 0 Å². The van der Waals surface area contributed by atoms with E-state index in [2.05, 4.69) is 9.97 Å². The fourth-order valence-electron chi connectivity index (χ4n) is 3.18. The number of amides is 2. The molecule has 0 unspecified atom stereocenters. The van der Waals surface area contributed by atoms with Crippen LogP contribution in [0.3, 0.4) is 0 Å². The van der Waals surface area contributed by atoms with Gasteiger partial charge in [0.25, 0.3) is 0 Å². The highest BCUT2D eigenvalue weighted by Crippen LogP contribution is 2.29. The molecule has 24 heavy (non-hydrogen) atoms. The molecule has 0 radical (unpaired) electrons. The number of hydrogen-bond acceptors (Lipinski definition) is 5. The smallest absolute Gasteiger partial charge is 0.415 e. The molecule has 1 atom stereocenters. The number of aromatic nitrogens is 2. The molecule has 2 aliphatic rings. The lowest BCUT2D eigenvalue weighted by Gasteiger charge is -2.36. The number of carbonyl (C=O) groups is 2. The summed E-state index contributed by atoms with van der Waals surface area (Å²) >= 11 is 0.